The van der Waals surface area contributed by atoms with Crippen molar-refractivity contribution >= 4 is 17.8 Å². The van der Waals surface area contributed by atoms with Crippen molar-refractivity contribution < 1.29 is 9.72 Å². The van der Waals surface area contributed by atoms with E-state index in [2.05, 4.69) is 15.3 Å². The topological polar surface area (TPSA) is 93.3 Å². The standard InChI is InChI=1S/C13H21N5O3/c1-5-17(6-2)10(3)14-12(19)8-7-11-9-16(4)15-13(11)18(20)21/h7-10H,5-6H2,1-4H3,(H,14,19)/b8-7+. The molecule has 0 radical (unpaired) electrons. The Bertz CT molecular complexity index is 534. The predicted molar refractivity (Wildman–Crippen MR) is 79.4 cm³/mol. The zero-order valence-corrected chi connectivity index (χ0v) is 12.7. The van der Waals surface area contributed by atoms with E-state index in [0.29, 0.717) is 5.56 Å². The van der Waals surface area contributed by atoms with E-state index in [4.69, 9.17) is 0 Å². The fraction of sp³-hybridized carbons (Fsp3) is 0.538. The van der Waals surface area contributed by atoms with Gasteiger partial charge in [-0.1, -0.05) is 13.8 Å². The molecule has 0 aliphatic rings. The van der Waals surface area contributed by atoms with E-state index >= 15 is 0 Å². The summed E-state index contributed by atoms with van der Waals surface area (Å²) >= 11 is 0. The Morgan fingerprint density at radius 3 is 2.71 bits per heavy atom. The van der Waals surface area contributed by atoms with Crippen LogP contribution in [0.1, 0.15) is 26.3 Å². The normalized spacial score (nSPS) is 12.8. The first-order valence-corrected chi connectivity index (χ1v) is 6.79. The quantitative estimate of drug-likeness (QED) is 0.352. The van der Waals surface area contributed by atoms with Crippen LogP contribution in [0.25, 0.3) is 6.08 Å². The Kier molecular flexibility index (Phi) is 6.04. The third-order valence-electron chi connectivity index (χ3n) is 3.14. The molecule has 0 saturated carbocycles. The smallest absolute Gasteiger partial charge is 0.358 e. The lowest BCUT2D eigenvalue weighted by Gasteiger charge is -2.26. The average molecular weight is 295 g/mol. The zero-order valence-electron chi connectivity index (χ0n) is 12.7. The van der Waals surface area contributed by atoms with Crippen LogP contribution in [0.5, 0.6) is 0 Å². The molecular weight excluding hydrogens is 274 g/mol. The Balaban J connectivity index is 2.72. The number of rotatable bonds is 7. The van der Waals surface area contributed by atoms with Crippen LogP contribution in [-0.4, -0.2) is 44.8 Å². The van der Waals surface area contributed by atoms with E-state index in [1.54, 1.807) is 7.05 Å². The van der Waals surface area contributed by atoms with Gasteiger partial charge >= 0.3 is 5.82 Å². The number of amides is 1. The molecule has 1 amide bonds. The first kappa shape index (κ1) is 16.8. The van der Waals surface area contributed by atoms with Crippen LogP contribution >= 0.6 is 0 Å². The lowest BCUT2D eigenvalue weighted by molar-refractivity contribution is -0.390. The summed E-state index contributed by atoms with van der Waals surface area (Å²) in [5.74, 6) is -0.564. The minimum absolute atomic E-state index is 0.0963. The van der Waals surface area contributed by atoms with Crippen LogP contribution in [-0.2, 0) is 11.8 Å². The summed E-state index contributed by atoms with van der Waals surface area (Å²) in [6, 6.07) is 0. The van der Waals surface area contributed by atoms with Crippen molar-refractivity contribution in [3.05, 3.63) is 28.0 Å². The minimum atomic E-state index is -0.573. The molecule has 1 N–H and O–H groups in total. The second-order valence-electron chi connectivity index (χ2n) is 4.58. The second kappa shape index (κ2) is 7.53. The molecule has 1 rings (SSSR count). The van der Waals surface area contributed by atoms with Gasteiger partial charge in [-0.05, 0) is 31.0 Å². The van der Waals surface area contributed by atoms with Gasteiger partial charge < -0.3 is 15.4 Å². The van der Waals surface area contributed by atoms with Crippen LogP contribution < -0.4 is 5.32 Å². The third kappa shape index (κ3) is 4.67. The Labute approximate surface area is 123 Å². The first-order valence-electron chi connectivity index (χ1n) is 6.79. The van der Waals surface area contributed by atoms with Gasteiger partial charge in [-0.3, -0.25) is 9.69 Å². The highest BCUT2D eigenvalue weighted by Crippen LogP contribution is 2.16. The van der Waals surface area contributed by atoms with Gasteiger partial charge in [0, 0.05) is 6.08 Å². The maximum atomic E-state index is 11.8. The molecule has 0 aliphatic heterocycles. The Morgan fingerprint density at radius 1 is 1.57 bits per heavy atom. The molecule has 1 heterocycles. The fourth-order valence-electron chi connectivity index (χ4n) is 2.04. The van der Waals surface area contributed by atoms with Crippen LogP contribution in [0.2, 0.25) is 0 Å². The summed E-state index contributed by atoms with van der Waals surface area (Å²) < 4.78 is 1.34. The van der Waals surface area contributed by atoms with Crippen LogP contribution in [0.15, 0.2) is 12.3 Å². The number of aromatic nitrogens is 2. The molecular formula is C13H21N5O3. The number of aryl methyl sites for hydroxylation is 1. The highest BCUT2D eigenvalue weighted by Gasteiger charge is 2.17. The molecule has 1 aromatic rings. The molecule has 1 aromatic heterocycles. The highest BCUT2D eigenvalue weighted by molar-refractivity contribution is 5.92. The van der Waals surface area contributed by atoms with Gasteiger partial charge in [-0.2, -0.15) is 4.68 Å². The summed E-state index contributed by atoms with van der Waals surface area (Å²) in [6.07, 6.45) is 4.08. The zero-order chi connectivity index (χ0) is 16.0. The van der Waals surface area contributed by atoms with Gasteiger partial charge in [0.15, 0.2) is 0 Å². The molecule has 8 heteroatoms. The number of hydrogen-bond acceptors (Lipinski definition) is 5. The number of carbonyl (C=O) groups excluding carboxylic acids is 1. The predicted octanol–water partition coefficient (Wildman–Crippen LogP) is 1.15. The van der Waals surface area contributed by atoms with Crippen molar-refractivity contribution in [1.82, 2.24) is 20.0 Å². The molecule has 0 aliphatic carbocycles. The van der Waals surface area contributed by atoms with E-state index in [1.807, 2.05) is 20.8 Å². The number of nitro groups is 1. The van der Waals surface area contributed by atoms with E-state index in [0.717, 1.165) is 13.1 Å². The summed E-state index contributed by atoms with van der Waals surface area (Å²) in [5, 5.41) is 17.4. The van der Waals surface area contributed by atoms with E-state index in [9.17, 15) is 14.9 Å². The molecule has 1 unspecified atom stereocenters. The van der Waals surface area contributed by atoms with Crippen molar-refractivity contribution in [3.8, 4) is 0 Å². The summed E-state index contributed by atoms with van der Waals surface area (Å²) in [6.45, 7) is 7.58. The maximum Gasteiger partial charge on any atom is 0.397 e. The Hall–Kier alpha value is -2.22. The molecule has 1 atom stereocenters. The maximum absolute atomic E-state index is 11.8. The van der Waals surface area contributed by atoms with Crippen molar-refractivity contribution in [2.75, 3.05) is 13.1 Å². The monoisotopic (exact) mass is 295 g/mol. The largest absolute Gasteiger partial charge is 0.397 e. The summed E-state index contributed by atoms with van der Waals surface area (Å²) in [7, 11) is 1.59. The molecule has 0 fully saturated rings. The third-order valence-corrected chi connectivity index (χ3v) is 3.14. The van der Waals surface area contributed by atoms with Gasteiger partial charge in [0.2, 0.25) is 5.91 Å². The van der Waals surface area contributed by atoms with Crippen molar-refractivity contribution in [2.24, 2.45) is 7.05 Å². The SMILES string of the molecule is CCN(CC)C(C)NC(=O)/C=C/c1cn(C)nc1[N+](=O)[O-]. The minimum Gasteiger partial charge on any atom is -0.358 e. The molecule has 8 nitrogen and oxygen atoms in total. The molecule has 0 aromatic carbocycles. The second-order valence-corrected chi connectivity index (χ2v) is 4.58. The molecule has 0 saturated heterocycles. The van der Waals surface area contributed by atoms with Gasteiger partial charge in [0.1, 0.15) is 0 Å². The van der Waals surface area contributed by atoms with Gasteiger partial charge in [-0.15, -0.1) is 0 Å². The summed E-state index contributed by atoms with van der Waals surface area (Å²) in [5.41, 5.74) is 0.299. The Morgan fingerprint density at radius 2 is 2.19 bits per heavy atom. The average Bonchev–Trinajstić information content (AvgIpc) is 2.79. The highest BCUT2D eigenvalue weighted by atomic mass is 16.6. The van der Waals surface area contributed by atoms with E-state index in [1.165, 1.54) is 23.0 Å². The van der Waals surface area contributed by atoms with Crippen molar-refractivity contribution in [3.63, 3.8) is 0 Å². The number of nitrogens with zero attached hydrogens (tertiary/aromatic N) is 4. The van der Waals surface area contributed by atoms with Crippen molar-refractivity contribution in [2.45, 2.75) is 26.9 Å². The first-order chi connectivity index (χ1) is 9.88. The fourth-order valence-corrected chi connectivity index (χ4v) is 2.04. The van der Waals surface area contributed by atoms with Crippen LogP contribution in [0.4, 0.5) is 5.82 Å². The van der Waals surface area contributed by atoms with E-state index < -0.39 is 4.92 Å². The van der Waals surface area contributed by atoms with E-state index in [-0.39, 0.29) is 17.9 Å². The molecule has 116 valence electrons. The van der Waals surface area contributed by atoms with Gasteiger partial charge in [0.05, 0.1) is 30.1 Å². The van der Waals surface area contributed by atoms with Crippen molar-refractivity contribution in [1.29, 1.82) is 0 Å². The van der Waals surface area contributed by atoms with Gasteiger partial charge in [-0.25, -0.2) is 0 Å². The molecule has 21 heavy (non-hydrogen) atoms. The van der Waals surface area contributed by atoms with Crippen LogP contribution in [0, 0.1) is 10.1 Å². The number of hydrogen-bond donors (Lipinski definition) is 1. The molecule has 0 bridgehead atoms. The lowest BCUT2D eigenvalue weighted by Crippen LogP contribution is -2.45. The van der Waals surface area contributed by atoms with Crippen LogP contribution in [0.3, 0.4) is 0 Å². The lowest BCUT2D eigenvalue weighted by atomic mass is 10.3. The van der Waals surface area contributed by atoms with Gasteiger partial charge in [0.25, 0.3) is 0 Å². The molecule has 0 spiro atoms. The number of nitrogens with one attached hydrogen (secondary N) is 1. The number of carbonyl (C=O) groups is 1. The summed E-state index contributed by atoms with van der Waals surface area (Å²) in [4.78, 5) is 24.2.